The maximum atomic E-state index is 14.0. The Bertz CT molecular complexity index is 1240. The molecule has 2 aromatic rings. The molecule has 2 atom stereocenters. The Morgan fingerprint density at radius 1 is 1.26 bits per heavy atom. The summed E-state index contributed by atoms with van der Waals surface area (Å²) in [6, 6.07) is 6.49. The van der Waals surface area contributed by atoms with Crippen LogP contribution in [0.5, 0.6) is 5.75 Å². The Morgan fingerprint density at radius 3 is 2.74 bits per heavy atom. The minimum absolute atomic E-state index is 0.00199. The van der Waals surface area contributed by atoms with Gasteiger partial charge in [-0.05, 0) is 49.3 Å². The molecule has 0 radical (unpaired) electrons. The molecule has 188 valence electrons. The van der Waals surface area contributed by atoms with Gasteiger partial charge in [0, 0.05) is 24.6 Å². The van der Waals surface area contributed by atoms with Crippen LogP contribution in [0.4, 0.5) is 10.1 Å². The third-order valence-corrected chi connectivity index (χ3v) is 7.90. The van der Waals surface area contributed by atoms with E-state index in [4.69, 9.17) is 9.47 Å². The fraction of sp³-hybridized carbons (Fsp3) is 0.400. The first-order valence-corrected chi connectivity index (χ1v) is 13.1. The number of aromatic carboxylic acids is 1. The highest BCUT2D eigenvalue weighted by molar-refractivity contribution is 7.92. The van der Waals surface area contributed by atoms with Gasteiger partial charge in [-0.15, -0.1) is 0 Å². The Labute approximate surface area is 204 Å². The first-order chi connectivity index (χ1) is 16.7. The number of carboxylic acids is 1. The van der Waals surface area contributed by atoms with Gasteiger partial charge in [0.2, 0.25) is 0 Å². The van der Waals surface area contributed by atoms with Crippen LogP contribution < -0.4 is 9.46 Å². The lowest BCUT2D eigenvalue weighted by Gasteiger charge is -2.29. The molecule has 4 rings (SSSR count). The van der Waals surface area contributed by atoms with Gasteiger partial charge in [-0.25, -0.2) is 17.6 Å². The van der Waals surface area contributed by atoms with E-state index in [1.54, 1.807) is 18.2 Å². The SMILES string of the molecule is CCN(CC)C/C=C\c1cc(F)ccc1S(=O)(=O)Nc1ccc2c(c1C(=O)O)OC[C@H]1OCC[C@@H]21. The first-order valence-electron chi connectivity index (χ1n) is 11.6. The molecule has 2 aliphatic rings. The predicted molar refractivity (Wildman–Crippen MR) is 130 cm³/mol. The zero-order valence-electron chi connectivity index (χ0n) is 19.7. The molecule has 0 amide bonds. The summed E-state index contributed by atoms with van der Waals surface area (Å²) >= 11 is 0. The standard InChI is InChI=1S/C25H29FN2O6S/c1-3-28(4-2)12-5-6-16-14-17(26)7-10-22(16)35(31,32)27-20-9-8-19-18-11-13-33-21(18)15-34-24(19)23(20)25(29)30/h5-10,14,18,21,27H,3-4,11-13,15H2,1-2H3,(H,29,30)/b6-5-/t18-,21+/m0/s1. The van der Waals surface area contributed by atoms with Crippen molar-refractivity contribution in [1.82, 2.24) is 4.90 Å². The molecule has 2 N–H and O–H groups in total. The number of ether oxygens (including phenoxy) is 2. The summed E-state index contributed by atoms with van der Waals surface area (Å²) in [5.74, 6) is -1.73. The molecule has 0 unspecified atom stereocenters. The molecule has 2 aliphatic heterocycles. The lowest BCUT2D eigenvalue weighted by atomic mass is 9.88. The summed E-state index contributed by atoms with van der Waals surface area (Å²) < 4.78 is 54.4. The van der Waals surface area contributed by atoms with Gasteiger partial charge >= 0.3 is 5.97 Å². The van der Waals surface area contributed by atoms with Crippen molar-refractivity contribution >= 4 is 27.8 Å². The monoisotopic (exact) mass is 504 g/mol. The van der Waals surface area contributed by atoms with Crippen LogP contribution in [0.15, 0.2) is 41.3 Å². The second-order valence-electron chi connectivity index (χ2n) is 8.50. The highest BCUT2D eigenvalue weighted by Gasteiger charge is 2.38. The number of hydrogen-bond donors (Lipinski definition) is 2. The van der Waals surface area contributed by atoms with Gasteiger partial charge in [-0.2, -0.15) is 0 Å². The third kappa shape index (κ3) is 5.19. The molecular formula is C25H29FN2O6S. The highest BCUT2D eigenvalue weighted by Crippen LogP contribution is 2.44. The second kappa shape index (κ2) is 10.3. The fourth-order valence-electron chi connectivity index (χ4n) is 4.58. The Balaban J connectivity index is 1.68. The van der Waals surface area contributed by atoms with Crippen molar-refractivity contribution in [2.75, 3.05) is 37.6 Å². The van der Waals surface area contributed by atoms with Gasteiger partial charge < -0.3 is 19.5 Å². The molecule has 2 aromatic carbocycles. The van der Waals surface area contributed by atoms with E-state index < -0.39 is 21.8 Å². The summed E-state index contributed by atoms with van der Waals surface area (Å²) in [7, 11) is -4.25. The third-order valence-electron chi connectivity index (χ3n) is 6.46. The summed E-state index contributed by atoms with van der Waals surface area (Å²) in [4.78, 5) is 14.1. The molecule has 10 heteroatoms. The predicted octanol–water partition coefficient (Wildman–Crippen LogP) is 3.94. The van der Waals surface area contributed by atoms with E-state index in [1.807, 2.05) is 13.8 Å². The van der Waals surface area contributed by atoms with Crippen LogP contribution in [0.1, 0.15) is 47.7 Å². The minimum Gasteiger partial charge on any atom is -0.490 e. The molecule has 0 aliphatic carbocycles. The van der Waals surface area contributed by atoms with Crippen molar-refractivity contribution in [2.24, 2.45) is 0 Å². The lowest BCUT2D eigenvalue weighted by molar-refractivity contribution is 0.0484. The molecule has 35 heavy (non-hydrogen) atoms. The lowest BCUT2D eigenvalue weighted by Crippen LogP contribution is -2.29. The summed E-state index contributed by atoms with van der Waals surface area (Å²) in [5, 5.41) is 9.92. The minimum atomic E-state index is -4.25. The number of fused-ring (bicyclic) bond motifs is 3. The van der Waals surface area contributed by atoms with Crippen molar-refractivity contribution in [2.45, 2.75) is 37.2 Å². The number of carboxylic acid groups (broad SMARTS) is 1. The molecule has 0 bridgehead atoms. The normalized spacial score (nSPS) is 19.4. The Hall–Kier alpha value is -2.95. The van der Waals surface area contributed by atoms with E-state index in [2.05, 4.69) is 9.62 Å². The number of nitrogens with one attached hydrogen (secondary N) is 1. The van der Waals surface area contributed by atoms with Crippen molar-refractivity contribution in [1.29, 1.82) is 0 Å². The average Bonchev–Trinajstić information content (AvgIpc) is 3.30. The largest absolute Gasteiger partial charge is 0.490 e. The van der Waals surface area contributed by atoms with Crippen LogP contribution in [-0.2, 0) is 14.8 Å². The molecule has 0 saturated carbocycles. The Morgan fingerprint density at radius 2 is 2.03 bits per heavy atom. The highest BCUT2D eigenvalue weighted by atomic mass is 32.2. The van der Waals surface area contributed by atoms with Crippen LogP contribution in [0.25, 0.3) is 6.08 Å². The van der Waals surface area contributed by atoms with Crippen LogP contribution in [0, 0.1) is 5.82 Å². The van der Waals surface area contributed by atoms with Crippen LogP contribution in [0.3, 0.4) is 0 Å². The number of benzene rings is 2. The zero-order valence-corrected chi connectivity index (χ0v) is 20.5. The smallest absolute Gasteiger partial charge is 0.341 e. The number of hydrogen-bond acceptors (Lipinski definition) is 6. The number of likely N-dealkylation sites (N-methyl/N-ethyl adjacent to an activating group) is 1. The van der Waals surface area contributed by atoms with Crippen molar-refractivity contribution in [3.8, 4) is 5.75 Å². The zero-order chi connectivity index (χ0) is 25.2. The van der Waals surface area contributed by atoms with Gasteiger partial charge in [-0.1, -0.05) is 32.1 Å². The van der Waals surface area contributed by atoms with Crippen LogP contribution >= 0.6 is 0 Å². The molecule has 1 fully saturated rings. The van der Waals surface area contributed by atoms with Gasteiger partial charge in [0.1, 0.15) is 23.7 Å². The van der Waals surface area contributed by atoms with Crippen molar-refractivity contribution in [3.05, 3.63) is 58.9 Å². The number of carbonyl (C=O) groups is 1. The van der Waals surface area contributed by atoms with E-state index in [0.717, 1.165) is 31.6 Å². The molecular weight excluding hydrogens is 475 g/mol. The topological polar surface area (TPSA) is 105 Å². The van der Waals surface area contributed by atoms with Gasteiger partial charge in [0.15, 0.2) is 0 Å². The van der Waals surface area contributed by atoms with Crippen LogP contribution in [-0.4, -0.2) is 63.3 Å². The van der Waals surface area contributed by atoms with Crippen molar-refractivity contribution in [3.63, 3.8) is 0 Å². The second-order valence-corrected chi connectivity index (χ2v) is 10.2. The van der Waals surface area contributed by atoms with E-state index in [-0.39, 0.29) is 46.1 Å². The Kier molecular flexibility index (Phi) is 7.44. The average molecular weight is 505 g/mol. The quantitative estimate of drug-likeness (QED) is 0.533. The number of rotatable bonds is 9. The number of anilines is 1. The summed E-state index contributed by atoms with van der Waals surface area (Å²) in [5.41, 5.74) is 0.496. The molecule has 2 heterocycles. The van der Waals surface area contributed by atoms with Crippen LogP contribution in [0.2, 0.25) is 0 Å². The molecule has 0 aromatic heterocycles. The number of sulfonamides is 1. The summed E-state index contributed by atoms with van der Waals surface area (Å²) in [6.07, 6.45) is 3.93. The van der Waals surface area contributed by atoms with E-state index in [1.165, 1.54) is 12.1 Å². The fourth-order valence-corrected chi connectivity index (χ4v) is 5.84. The first kappa shape index (κ1) is 25.2. The van der Waals surface area contributed by atoms with E-state index in [0.29, 0.717) is 18.7 Å². The van der Waals surface area contributed by atoms with E-state index in [9.17, 15) is 22.7 Å². The summed E-state index contributed by atoms with van der Waals surface area (Å²) in [6.45, 7) is 7.01. The van der Waals surface area contributed by atoms with Gasteiger partial charge in [0.05, 0.1) is 16.7 Å². The van der Waals surface area contributed by atoms with Crippen molar-refractivity contribution < 1.29 is 32.2 Å². The van der Waals surface area contributed by atoms with E-state index >= 15 is 0 Å². The maximum absolute atomic E-state index is 14.0. The van der Waals surface area contributed by atoms with Gasteiger partial charge in [-0.3, -0.25) is 4.72 Å². The number of halogens is 1. The number of nitrogens with zero attached hydrogens (tertiary/aromatic N) is 1. The molecule has 8 nitrogen and oxygen atoms in total. The van der Waals surface area contributed by atoms with Gasteiger partial charge in [0.25, 0.3) is 10.0 Å². The maximum Gasteiger partial charge on any atom is 0.341 e. The molecule has 1 saturated heterocycles. The molecule has 0 spiro atoms.